The number of aryl methyl sites for hydroxylation is 1. The third kappa shape index (κ3) is 5.29. The second-order valence-electron chi connectivity index (χ2n) is 5.99. The van der Waals surface area contributed by atoms with E-state index in [1.807, 2.05) is 13.1 Å². The summed E-state index contributed by atoms with van der Waals surface area (Å²) in [7, 11) is 1.84. The van der Waals surface area contributed by atoms with E-state index in [1.165, 1.54) is 11.1 Å². The maximum absolute atomic E-state index is 4.44. The van der Waals surface area contributed by atoms with Gasteiger partial charge in [0.05, 0.1) is 0 Å². The van der Waals surface area contributed by atoms with Crippen molar-refractivity contribution in [3.8, 4) is 0 Å². The number of hydrogen-bond acceptors (Lipinski definition) is 4. The molecule has 140 valence electrons. The number of nitrogens with zero attached hydrogens (tertiary/aromatic N) is 5. The number of aromatic nitrogens is 2. The van der Waals surface area contributed by atoms with Crippen molar-refractivity contribution in [3.05, 3.63) is 52.3 Å². The molecule has 0 saturated carbocycles. The van der Waals surface area contributed by atoms with Crippen molar-refractivity contribution in [2.75, 3.05) is 38.1 Å². The van der Waals surface area contributed by atoms with Gasteiger partial charge in [-0.15, -0.1) is 24.0 Å². The van der Waals surface area contributed by atoms with E-state index in [2.05, 4.69) is 71.1 Å². The van der Waals surface area contributed by atoms with Crippen molar-refractivity contribution in [2.45, 2.75) is 13.5 Å². The Morgan fingerprint density at radius 1 is 1.19 bits per heavy atom. The van der Waals surface area contributed by atoms with Gasteiger partial charge in [-0.2, -0.15) is 0 Å². The molecule has 0 unspecified atom stereocenters. The summed E-state index contributed by atoms with van der Waals surface area (Å²) >= 11 is 3.51. The van der Waals surface area contributed by atoms with Crippen LogP contribution in [0.3, 0.4) is 0 Å². The lowest BCUT2D eigenvalue weighted by Gasteiger charge is -2.36. The van der Waals surface area contributed by atoms with Gasteiger partial charge in [0.2, 0.25) is 5.95 Å². The molecular formula is C18H24BrIN6. The van der Waals surface area contributed by atoms with Crippen LogP contribution < -0.4 is 10.2 Å². The van der Waals surface area contributed by atoms with Crippen LogP contribution >= 0.6 is 39.9 Å². The normalized spacial score (nSPS) is 14.8. The third-order valence-corrected chi connectivity index (χ3v) is 4.86. The van der Waals surface area contributed by atoms with Crippen molar-refractivity contribution in [1.29, 1.82) is 0 Å². The number of benzene rings is 1. The third-order valence-electron chi connectivity index (χ3n) is 4.37. The fourth-order valence-corrected chi connectivity index (χ4v) is 3.41. The van der Waals surface area contributed by atoms with E-state index in [9.17, 15) is 0 Å². The van der Waals surface area contributed by atoms with Gasteiger partial charge in [0.1, 0.15) is 0 Å². The predicted octanol–water partition coefficient (Wildman–Crippen LogP) is 3.06. The molecule has 0 aliphatic carbocycles. The average molecular weight is 531 g/mol. The minimum atomic E-state index is 0. The lowest BCUT2D eigenvalue weighted by molar-refractivity contribution is 0.370. The molecule has 26 heavy (non-hydrogen) atoms. The smallest absolute Gasteiger partial charge is 0.225 e. The summed E-state index contributed by atoms with van der Waals surface area (Å²) in [6.45, 7) is 6.48. The van der Waals surface area contributed by atoms with E-state index in [1.54, 1.807) is 12.4 Å². The number of guanidine groups is 1. The molecule has 0 bridgehead atoms. The number of anilines is 1. The van der Waals surface area contributed by atoms with Gasteiger partial charge in [-0.05, 0) is 36.2 Å². The number of nitrogens with one attached hydrogen (secondary N) is 1. The predicted molar refractivity (Wildman–Crippen MR) is 120 cm³/mol. The van der Waals surface area contributed by atoms with Crippen molar-refractivity contribution in [3.63, 3.8) is 0 Å². The zero-order valence-electron chi connectivity index (χ0n) is 15.0. The zero-order chi connectivity index (χ0) is 17.6. The molecule has 6 nitrogen and oxygen atoms in total. The highest BCUT2D eigenvalue weighted by Crippen LogP contribution is 2.16. The number of rotatable bonds is 3. The Balaban J connectivity index is 0.00000243. The minimum Gasteiger partial charge on any atom is -0.352 e. The van der Waals surface area contributed by atoms with Crippen LogP contribution in [0, 0.1) is 6.92 Å². The number of aliphatic imine (C=N–C) groups is 1. The van der Waals surface area contributed by atoms with E-state index < -0.39 is 0 Å². The van der Waals surface area contributed by atoms with Gasteiger partial charge in [-0.1, -0.05) is 22.0 Å². The Morgan fingerprint density at radius 2 is 1.88 bits per heavy atom. The largest absolute Gasteiger partial charge is 0.352 e. The van der Waals surface area contributed by atoms with Crippen LogP contribution in [0.1, 0.15) is 11.1 Å². The molecular weight excluding hydrogens is 507 g/mol. The monoisotopic (exact) mass is 530 g/mol. The molecule has 0 radical (unpaired) electrons. The molecule has 1 aromatic carbocycles. The molecule has 3 rings (SSSR count). The highest BCUT2D eigenvalue weighted by Gasteiger charge is 2.21. The number of halogens is 2. The van der Waals surface area contributed by atoms with E-state index >= 15 is 0 Å². The van der Waals surface area contributed by atoms with Gasteiger partial charge >= 0.3 is 0 Å². The van der Waals surface area contributed by atoms with Crippen molar-refractivity contribution < 1.29 is 0 Å². The van der Waals surface area contributed by atoms with Crippen molar-refractivity contribution in [1.82, 2.24) is 20.2 Å². The zero-order valence-corrected chi connectivity index (χ0v) is 18.9. The maximum Gasteiger partial charge on any atom is 0.225 e. The summed E-state index contributed by atoms with van der Waals surface area (Å²) in [6.07, 6.45) is 3.57. The highest BCUT2D eigenvalue weighted by atomic mass is 127. The van der Waals surface area contributed by atoms with E-state index in [-0.39, 0.29) is 24.0 Å². The summed E-state index contributed by atoms with van der Waals surface area (Å²) in [5, 5.41) is 3.48. The van der Waals surface area contributed by atoms with Crippen LogP contribution in [0.4, 0.5) is 5.95 Å². The molecule has 1 aromatic heterocycles. The molecule has 1 aliphatic rings. The maximum atomic E-state index is 4.44. The molecule has 0 atom stereocenters. The van der Waals surface area contributed by atoms with Crippen LogP contribution in [0.15, 0.2) is 46.1 Å². The minimum absolute atomic E-state index is 0. The molecule has 8 heteroatoms. The SMILES string of the molecule is CN=C(NCc1ccc(Br)cc1C)N1CCN(c2ncccn2)CC1.I. The molecule has 1 saturated heterocycles. The number of hydrogen-bond donors (Lipinski definition) is 1. The summed E-state index contributed by atoms with van der Waals surface area (Å²) in [4.78, 5) is 17.6. The molecule has 1 fully saturated rings. The Bertz CT molecular complexity index is 732. The van der Waals surface area contributed by atoms with Crippen LogP contribution in [0.5, 0.6) is 0 Å². The van der Waals surface area contributed by atoms with Gasteiger partial charge < -0.3 is 15.1 Å². The summed E-state index contributed by atoms with van der Waals surface area (Å²) in [6, 6.07) is 8.20. The van der Waals surface area contributed by atoms with Crippen LogP contribution in [-0.2, 0) is 6.54 Å². The lowest BCUT2D eigenvalue weighted by Crippen LogP contribution is -2.52. The Kier molecular flexibility index (Phi) is 8.08. The molecule has 1 aliphatic heterocycles. The average Bonchev–Trinajstić information content (AvgIpc) is 2.65. The first-order valence-electron chi connectivity index (χ1n) is 8.40. The molecule has 2 heterocycles. The standard InChI is InChI=1S/C18H23BrN6.HI/c1-14-12-16(19)5-4-15(14)13-23-17(20-2)24-8-10-25(11-9-24)18-21-6-3-7-22-18;/h3-7,12H,8-11,13H2,1-2H3,(H,20,23);1H. The fourth-order valence-electron chi connectivity index (χ4n) is 2.94. The van der Waals surface area contributed by atoms with Crippen LogP contribution in [0.2, 0.25) is 0 Å². The Morgan fingerprint density at radius 3 is 2.50 bits per heavy atom. The Hall–Kier alpha value is -1.42. The second kappa shape index (κ2) is 10.1. The van der Waals surface area contributed by atoms with Gasteiger partial charge in [0.15, 0.2) is 5.96 Å². The van der Waals surface area contributed by atoms with Gasteiger partial charge in [-0.25, -0.2) is 9.97 Å². The highest BCUT2D eigenvalue weighted by molar-refractivity contribution is 14.0. The van der Waals surface area contributed by atoms with Crippen molar-refractivity contribution >= 4 is 51.8 Å². The first-order chi connectivity index (χ1) is 12.2. The van der Waals surface area contributed by atoms with E-state index in [0.29, 0.717) is 0 Å². The van der Waals surface area contributed by atoms with E-state index in [4.69, 9.17) is 0 Å². The summed E-state index contributed by atoms with van der Waals surface area (Å²) < 4.78 is 1.11. The quantitative estimate of drug-likeness (QED) is 0.375. The van der Waals surface area contributed by atoms with Gasteiger partial charge in [0, 0.05) is 56.6 Å². The van der Waals surface area contributed by atoms with Crippen LogP contribution in [-0.4, -0.2) is 54.1 Å². The van der Waals surface area contributed by atoms with Crippen LogP contribution in [0.25, 0.3) is 0 Å². The second-order valence-corrected chi connectivity index (χ2v) is 6.91. The summed E-state index contributed by atoms with van der Waals surface area (Å²) in [5.74, 6) is 1.74. The fraction of sp³-hybridized carbons (Fsp3) is 0.389. The first-order valence-corrected chi connectivity index (χ1v) is 9.19. The summed E-state index contributed by atoms with van der Waals surface area (Å²) in [5.41, 5.74) is 2.55. The lowest BCUT2D eigenvalue weighted by atomic mass is 10.1. The van der Waals surface area contributed by atoms with Crippen molar-refractivity contribution in [2.24, 2.45) is 4.99 Å². The van der Waals surface area contributed by atoms with Gasteiger partial charge in [-0.3, -0.25) is 4.99 Å². The topological polar surface area (TPSA) is 56.7 Å². The van der Waals surface area contributed by atoms with Gasteiger partial charge in [0.25, 0.3) is 0 Å². The first kappa shape index (κ1) is 20.9. The Labute approximate surface area is 180 Å². The molecule has 0 spiro atoms. The molecule has 0 amide bonds. The number of piperazine rings is 1. The van der Waals surface area contributed by atoms with E-state index in [0.717, 1.165) is 49.1 Å². The molecule has 2 aromatic rings. The molecule has 1 N–H and O–H groups in total.